The van der Waals surface area contributed by atoms with Gasteiger partial charge in [-0.3, -0.25) is 4.79 Å². The Morgan fingerprint density at radius 2 is 1.96 bits per heavy atom. The summed E-state index contributed by atoms with van der Waals surface area (Å²) in [5, 5.41) is 0. The van der Waals surface area contributed by atoms with Crippen molar-refractivity contribution in [1.82, 2.24) is 4.90 Å². The van der Waals surface area contributed by atoms with E-state index in [4.69, 9.17) is 9.47 Å². The Hall–Kier alpha value is -2.56. The quantitative estimate of drug-likeness (QED) is 0.845. The Kier molecular flexibility index (Phi) is 4.69. The van der Waals surface area contributed by atoms with Crippen molar-refractivity contribution in [2.24, 2.45) is 0 Å². The molecule has 0 saturated carbocycles. The van der Waals surface area contributed by atoms with Gasteiger partial charge in [-0.2, -0.15) is 0 Å². The summed E-state index contributed by atoms with van der Waals surface area (Å²) >= 11 is 0. The fourth-order valence-electron chi connectivity index (χ4n) is 2.79. The summed E-state index contributed by atoms with van der Waals surface area (Å²) in [5.74, 6) is 0.543. The van der Waals surface area contributed by atoms with E-state index in [1.807, 2.05) is 24.3 Å². The zero-order valence-corrected chi connectivity index (χ0v) is 13.8. The van der Waals surface area contributed by atoms with Crippen LogP contribution in [0.3, 0.4) is 0 Å². The number of carbonyl (C=O) groups excluding carboxylic acids is 1. The van der Waals surface area contributed by atoms with Crippen molar-refractivity contribution in [2.45, 2.75) is 19.4 Å². The number of likely N-dealkylation sites (tertiary alicyclic amines) is 1. The van der Waals surface area contributed by atoms with Crippen LogP contribution in [0.25, 0.3) is 0 Å². The average Bonchev–Trinajstić information content (AvgIpc) is 2.57. The second kappa shape index (κ2) is 6.91. The molecule has 0 unspecified atom stereocenters. The van der Waals surface area contributed by atoms with Crippen LogP contribution in [0.4, 0.5) is 4.39 Å². The summed E-state index contributed by atoms with van der Waals surface area (Å²) in [6, 6.07) is 11.9. The normalized spacial score (nSPS) is 14.2. The molecule has 2 aromatic rings. The molecule has 0 aliphatic carbocycles. The minimum Gasteiger partial charge on any atom is -0.496 e. The maximum Gasteiger partial charge on any atom is 0.257 e. The molecule has 126 valence electrons. The first kappa shape index (κ1) is 16.3. The molecule has 2 aromatic carbocycles. The average molecular weight is 329 g/mol. The number of hydrogen-bond acceptors (Lipinski definition) is 3. The maximum absolute atomic E-state index is 13.4. The Morgan fingerprint density at radius 1 is 1.21 bits per heavy atom. The van der Waals surface area contributed by atoms with Crippen LogP contribution in [0.15, 0.2) is 42.5 Å². The molecule has 1 heterocycles. The van der Waals surface area contributed by atoms with Gasteiger partial charge in [0.1, 0.15) is 23.4 Å². The van der Waals surface area contributed by atoms with Crippen molar-refractivity contribution in [3.63, 3.8) is 0 Å². The molecular weight excluding hydrogens is 309 g/mol. The molecule has 1 fully saturated rings. The minimum atomic E-state index is -0.454. The van der Waals surface area contributed by atoms with Gasteiger partial charge in [-0.15, -0.1) is 0 Å². The van der Waals surface area contributed by atoms with Crippen LogP contribution in [0, 0.1) is 5.82 Å². The molecule has 1 aliphatic heterocycles. The van der Waals surface area contributed by atoms with Crippen molar-refractivity contribution in [3.8, 4) is 11.5 Å². The second-order valence-corrected chi connectivity index (χ2v) is 5.76. The molecule has 0 spiro atoms. The number of carbonyl (C=O) groups is 1. The van der Waals surface area contributed by atoms with Gasteiger partial charge in [0.25, 0.3) is 5.91 Å². The van der Waals surface area contributed by atoms with Crippen LogP contribution in [0.5, 0.6) is 11.5 Å². The minimum absolute atomic E-state index is 0.0406. The van der Waals surface area contributed by atoms with E-state index in [1.165, 1.54) is 25.3 Å². The highest BCUT2D eigenvalue weighted by molar-refractivity contribution is 5.97. The number of para-hydroxylation sites is 1. The van der Waals surface area contributed by atoms with E-state index in [1.54, 1.807) is 4.90 Å². The first-order valence-corrected chi connectivity index (χ1v) is 7.99. The number of aryl methyl sites for hydroxylation is 1. The van der Waals surface area contributed by atoms with E-state index in [2.05, 4.69) is 6.92 Å². The van der Waals surface area contributed by atoms with Crippen molar-refractivity contribution >= 4 is 5.91 Å². The number of halogens is 1. The highest BCUT2D eigenvalue weighted by Crippen LogP contribution is 2.26. The van der Waals surface area contributed by atoms with Gasteiger partial charge in [0.05, 0.1) is 25.8 Å². The molecule has 1 amide bonds. The topological polar surface area (TPSA) is 38.8 Å². The number of nitrogens with zero attached hydrogens (tertiary/aromatic N) is 1. The molecule has 1 saturated heterocycles. The van der Waals surface area contributed by atoms with Crippen LogP contribution in [0.2, 0.25) is 0 Å². The highest BCUT2D eigenvalue weighted by Gasteiger charge is 2.34. The van der Waals surface area contributed by atoms with Gasteiger partial charge in [-0.25, -0.2) is 4.39 Å². The van der Waals surface area contributed by atoms with Crippen LogP contribution < -0.4 is 9.47 Å². The molecule has 0 bridgehead atoms. The first-order chi connectivity index (χ1) is 11.6. The van der Waals surface area contributed by atoms with Gasteiger partial charge in [0, 0.05) is 0 Å². The van der Waals surface area contributed by atoms with E-state index in [9.17, 15) is 9.18 Å². The third kappa shape index (κ3) is 3.20. The standard InChI is InChI=1S/C19H20FNO3/c1-3-13-6-4-5-7-17(13)24-15-11-21(12-15)19(22)16-10-14(20)8-9-18(16)23-2/h4-10,15H,3,11-12H2,1-2H3. The van der Waals surface area contributed by atoms with Gasteiger partial charge in [-0.1, -0.05) is 25.1 Å². The molecule has 5 heteroatoms. The summed E-state index contributed by atoms with van der Waals surface area (Å²) in [6.07, 6.45) is 0.854. The largest absolute Gasteiger partial charge is 0.496 e. The number of rotatable bonds is 5. The summed E-state index contributed by atoms with van der Waals surface area (Å²) in [7, 11) is 1.47. The number of ether oxygens (including phenoxy) is 2. The number of hydrogen-bond donors (Lipinski definition) is 0. The SMILES string of the molecule is CCc1ccccc1OC1CN(C(=O)c2cc(F)ccc2OC)C1. The van der Waals surface area contributed by atoms with Crippen LogP contribution in [0.1, 0.15) is 22.8 Å². The molecular formula is C19H20FNO3. The summed E-state index contributed by atoms with van der Waals surface area (Å²) in [6.45, 7) is 3.04. The molecule has 3 rings (SSSR count). The third-order valence-corrected chi connectivity index (χ3v) is 4.17. The zero-order chi connectivity index (χ0) is 17.1. The van der Waals surface area contributed by atoms with Crippen molar-refractivity contribution in [1.29, 1.82) is 0 Å². The Labute approximate surface area is 140 Å². The van der Waals surface area contributed by atoms with E-state index in [-0.39, 0.29) is 17.6 Å². The van der Waals surface area contributed by atoms with Crippen molar-refractivity contribution < 1.29 is 18.7 Å². The van der Waals surface area contributed by atoms with E-state index < -0.39 is 5.82 Å². The monoisotopic (exact) mass is 329 g/mol. The summed E-state index contributed by atoms with van der Waals surface area (Å²) in [4.78, 5) is 14.1. The van der Waals surface area contributed by atoms with Crippen LogP contribution >= 0.6 is 0 Å². The summed E-state index contributed by atoms with van der Waals surface area (Å²) in [5.41, 5.74) is 1.39. The predicted molar refractivity (Wildman–Crippen MR) is 89.1 cm³/mol. The Balaban J connectivity index is 1.64. The fourth-order valence-corrected chi connectivity index (χ4v) is 2.79. The maximum atomic E-state index is 13.4. The number of methoxy groups -OCH3 is 1. The Morgan fingerprint density at radius 3 is 2.67 bits per heavy atom. The second-order valence-electron chi connectivity index (χ2n) is 5.76. The van der Waals surface area contributed by atoms with Crippen molar-refractivity contribution in [2.75, 3.05) is 20.2 Å². The molecule has 1 aliphatic rings. The van der Waals surface area contributed by atoms with E-state index in [0.29, 0.717) is 18.8 Å². The highest BCUT2D eigenvalue weighted by atomic mass is 19.1. The fraction of sp³-hybridized carbons (Fsp3) is 0.316. The third-order valence-electron chi connectivity index (χ3n) is 4.17. The molecule has 24 heavy (non-hydrogen) atoms. The lowest BCUT2D eigenvalue weighted by molar-refractivity contribution is 0.0172. The Bertz CT molecular complexity index is 741. The van der Waals surface area contributed by atoms with E-state index in [0.717, 1.165) is 17.7 Å². The van der Waals surface area contributed by atoms with Gasteiger partial charge >= 0.3 is 0 Å². The molecule has 0 atom stereocenters. The van der Waals surface area contributed by atoms with Gasteiger partial charge in [0.15, 0.2) is 0 Å². The number of amides is 1. The van der Waals surface area contributed by atoms with Crippen molar-refractivity contribution in [3.05, 3.63) is 59.4 Å². The lowest BCUT2D eigenvalue weighted by Gasteiger charge is -2.39. The lowest BCUT2D eigenvalue weighted by Crippen LogP contribution is -2.56. The lowest BCUT2D eigenvalue weighted by atomic mass is 10.1. The molecule has 0 aromatic heterocycles. The first-order valence-electron chi connectivity index (χ1n) is 7.99. The van der Waals surface area contributed by atoms with E-state index >= 15 is 0 Å². The van der Waals surface area contributed by atoms with Gasteiger partial charge in [-0.05, 0) is 36.2 Å². The molecule has 0 N–H and O–H groups in total. The summed E-state index contributed by atoms with van der Waals surface area (Å²) < 4.78 is 24.5. The number of benzene rings is 2. The van der Waals surface area contributed by atoms with Crippen LogP contribution in [-0.2, 0) is 6.42 Å². The molecule has 4 nitrogen and oxygen atoms in total. The molecule has 0 radical (unpaired) electrons. The van der Waals surface area contributed by atoms with Gasteiger partial charge < -0.3 is 14.4 Å². The zero-order valence-electron chi connectivity index (χ0n) is 13.8. The smallest absolute Gasteiger partial charge is 0.257 e. The predicted octanol–water partition coefficient (Wildman–Crippen LogP) is 3.30. The van der Waals surface area contributed by atoms with Crippen LogP contribution in [-0.4, -0.2) is 37.1 Å². The van der Waals surface area contributed by atoms with Gasteiger partial charge in [0.2, 0.25) is 0 Å².